The van der Waals surface area contributed by atoms with Crippen LogP contribution in [-0.2, 0) is 27.8 Å². The van der Waals surface area contributed by atoms with Crippen molar-refractivity contribution < 1.29 is 13.2 Å². The van der Waals surface area contributed by atoms with Crippen LogP contribution in [0.4, 0.5) is 0 Å². The fourth-order valence-corrected chi connectivity index (χ4v) is 3.86. The first-order valence-electron chi connectivity index (χ1n) is 8.67. The van der Waals surface area contributed by atoms with Crippen molar-refractivity contribution in [1.29, 1.82) is 0 Å². The number of hydrogen-bond acceptors (Lipinski definition) is 4. The van der Waals surface area contributed by atoms with Gasteiger partial charge in [0.1, 0.15) is 0 Å². The van der Waals surface area contributed by atoms with Crippen LogP contribution in [-0.4, -0.2) is 50.3 Å². The molecular formula is C19H22ClN3O3S. The van der Waals surface area contributed by atoms with Crippen molar-refractivity contribution in [3.8, 4) is 0 Å². The van der Waals surface area contributed by atoms with Crippen LogP contribution in [0, 0.1) is 0 Å². The number of piperazine rings is 1. The second-order valence-electron chi connectivity index (χ2n) is 6.65. The number of nitrogens with two attached hydrogens (primary N) is 1. The van der Waals surface area contributed by atoms with Crippen LogP contribution in [0.5, 0.6) is 0 Å². The summed E-state index contributed by atoms with van der Waals surface area (Å²) in [5, 5.41) is 5.82. The Labute approximate surface area is 164 Å². The van der Waals surface area contributed by atoms with Gasteiger partial charge >= 0.3 is 0 Å². The maximum atomic E-state index is 12.5. The Kier molecular flexibility index (Phi) is 6.16. The maximum Gasteiger partial charge on any atom is 0.238 e. The lowest BCUT2D eigenvalue weighted by molar-refractivity contribution is -0.132. The van der Waals surface area contributed by atoms with Gasteiger partial charge in [-0.25, -0.2) is 13.6 Å². The lowest BCUT2D eigenvalue weighted by atomic mass is 10.1. The molecule has 3 rings (SSSR count). The monoisotopic (exact) mass is 407 g/mol. The molecule has 1 saturated heterocycles. The quantitative estimate of drug-likeness (QED) is 0.820. The highest BCUT2D eigenvalue weighted by Crippen LogP contribution is 2.15. The zero-order chi connectivity index (χ0) is 19.4. The Bertz CT molecular complexity index is 908. The molecule has 0 saturated carbocycles. The van der Waals surface area contributed by atoms with E-state index in [1.165, 1.54) is 12.1 Å². The molecule has 2 aromatic carbocycles. The van der Waals surface area contributed by atoms with E-state index < -0.39 is 10.0 Å². The van der Waals surface area contributed by atoms with E-state index >= 15 is 0 Å². The molecule has 0 bridgehead atoms. The third kappa shape index (κ3) is 5.52. The summed E-state index contributed by atoms with van der Waals surface area (Å²) < 4.78 is 22.6. The van der Waals surface area contributed by atoms with Gasteiger partial charge in [0.05, 0.1) is 11.3 Å². The Morgan fingerprint density at radius 2 is 1.67 bits per heavy atom. The minimum absolute atomic E-state index is 0.0424. The summed E-state index contributed by atoms with van der Waals surface area (Å²) in [6.45, 7) is 3.78. The maximum absolute atomic E-state index is 12.5. The van der Waals surface area contributed by atoms with Crippen molar-refractivity contribution in [2.45, 2.75) is 17.9 Å². The van der Waals surface area contributed by atoms with Crippen molar-refractivity contribution in [1.82, 2.24) is 9.80 Å². The Hall–Kier alpha value is -1.93. The molecule has 0 aliphatic carbocycles. The minimum Gasteiger partial charge on any atom is -0.340 e. The minimum atomic E-state index is -3.71. The van der Waals surface area contributed by atoms with Crippen LogP contribution < -0.4 is 5.14 Å². The Morgan fingerprint density at radius 1 is 1.00 bits per heavy atom. The van der Waals surface area contributed by atoms with Crippen molar-refractivity contribution in [2.24, 2.45) is 5.14 Å². The lowest BCUT2D eigenvalue weighted by Crippen LogP contribution is -2.48. The van der Waals surface area contributed by atoms with E-state index in [-0.39, 0.29) is 17.2 Å². The van der Waals surface area contributed by atoms with Crippen molar-refractivity contribution in [2.75, 3.05) is 26.2 Å². The number of rotatable bonds is 5. The first-order valence-corrected chi connectivity index (χ1v) is 10.6. The number of carbonyl (C=O) groups is 1. The summed E-state index contributed by atoms with van der Waals surface area (Å²) in [7, 11) is -3.71. The molecule has 1 fully saturated rings. The normalized spacial score (nSPS) is 15.7. The number of benzene rings is 2. The number of amides is 1. The Morgan fingerprint density at radius 3 is 2.26 bits per heavy atom. The number of carbonyl (C=O) groups excluding carboxylic acids is 1. The first-order chi connectivity index (χ1) is 12.8. The van der Waals surface area contributed by atoms with E-state index in [4.69, 9.17) is 16.7 Å². The lowest BCUT2D eigenvalue weighted by Gasteiger charge is -2.35. The van der Waals surface area contributed by atoms with Gasteiger partial charge in [-0.2, -0.15) is 0 Å². The van der Waals surface area contributed by atoms with Crippen LogP contribution in [0.15, 0.2) is 53.4 Å². The summed E-state index contributed by atoms with van der Waals surface area (Å²) in [6.07, 6.45) is 0.249. The molecule has 2 N–H and O–H groups in total. The van der Waals surface area contributed by atoms with Gasteiger partial charge in [0.25, 0.3) is 0 Å². The zero-order valence-electron chi connectivity index (χ0n) is 14.8. The molecule has 1 aliphatic heterocycles. The molecule has 0 spiro atoms. The van der Waals surface area contributed by atoms with Crippen LogP contribution in [0.2, 0.25) is 5.02 Å². The molecule has 1 amide bonds. The molecule has 8 heteroatoms. The molecule has 2 aromatic rings. The van der Waals surface area contributed by atoms with Gasteiger partial charge in [0.15, 0.2) is 0 Å². The topological polar surface area (TPSA) is 83.7 Å². The smallest absolute Gasteiger partial charge is 0.238 e. The molecule has 0 radical (unpaired) electrons. The molecule has 27 heavy (non-hydrogen) atoms. The molecule has 144 valence electrons. The molecule has 1 heterocycles. The van der Waals surface area contributed by atoms with Gasteiger partial charge in [-0.05, 0) is 35.4 Å². The summed E-state index contributed by atoms with van der Waals surface area (Å²) in [5.41, 5.74) is 1.94. The van der Waals surface area contributed by atoms with Gasteiger partial charge in [-0.15, -0.1) is 0 Å². The van der Waals surface area contributed by atoms with Gasteiger partial charge in [-0.3, -0.25) is 9.69 Å². The van der Waals surface area contributed by atoms with Gasteiger partial charge in [-0.1, -0.05) is 35.9 Å². The molecular weight excluding hydrogens is 386 g/mol. The first kappa shape index (κ1) is 19.8. The number of hydrogen-bond donors (Lipinski definition) is 1. The second kappa shape index (κ2) is 8.39. The van der Waals surface area contributed by atoms with Crippen LogP contribution in [0.25, 0.3) is 0 Å². The van der Waals surface area contributed by atoms with Gasteiger partial charge in [0.2, 0.25) is 15.9 Å². The fourth-order valence-electron chi connectivity index (χ4n) is 3.13. The second-order valence-corrected chi connectivity index (χ2v) is 8.65. The summed E-state index contributed by atoms with van der Waals surface area (Å²) >= 11 is 6.03. The summed E-state index contributed by atoms with van der Waals surface area (Å²) in [5.74, 6) is 0.0424. The molecule has 0 unspecified atom stereocenters. The van der Waals surface area contributed by atoms with E-state index in [0.717, 1.165) is 35.8 Å². The van der Waals surface area contributed by atoms with Crippen molar-refractivity contribution in [3.05, 3.63) is 64.7 Å². The van der Waals surface area contributed by atoms with Crippen LogP contribution in [0.3, 0.4) is 0 Å². The predicted molar refractivity (Wildman–Crippen MR) is 105 cm³/mol. The van der Waals surface area contributed by atoms with E-state index in [0.29, 0.717) is 13.1 Å². The van der Waals surface area contributed by atoms with E-state index in [1.807, 2.05) is 23.1 Å². The van der Waals surface area contributed by atoms with E-state index in [9.17, 15) is 13.2 Å². The SMILES string of the molecule is NS(=O)(=O)c1ccc(CC(=O)N2CCN(Cc3cccc(Cl)c3)CC2)cc1. The van der Waals surface area contributed by atoms with Crippen LogP contribution in [0.1, 0.15) is 11.1 Å². The van der Waals surface area contributed by atoms with Crippen LogP contribution >= 0.6 is 11.6 Å². The highest BCUT2D eigenvalue weighted by molar-refractivity contribution is 7.89. The average Bonchev–Trinajstić information content (AvgIpc) is 2.62. The number of nitrogens with zero attached hydrogens (tertiary/aromatic N) is 2. The third-order valence-electron chi connectivity index (χ3n) is 4.63. The molecule has 0 aromatic heterocycles. The number of halogens is 1. The van der Waals surface area contributed by atoms with Crippen molar-refractivity contribution >= 4 is 27.5 Å². The van der Waals surface area contributed by atoms with E-state index in [2.05, 4.69) is 11.0 Å². The summed E-state index contributed by atoms with van der Waals surface area (Å²) in [6, 6.07) is 13.9. The van der Waals surface area contributed by atoms with Gasteiger partial charge in [0, 0.05) is 37.7 Å². The summed E-state index contributed by atoms with van der Waals surface area (Å²) in [4.78, 5) is 16.7. The average molecular weight is 408 g/mol. The number of primary sulfonamides is 1. The van der Waals surface area contributed by atoms with Crippen molar-refractivity contribution in [3.63, 3.8) is 0 Å². The van der Waals surface area contributed by atoms with E-state index in [1.54, 1.807) is 12.1 Å². The molecule has 0 atom stereocenters. The highest BCUT2D eigenvalue weighted by atomic mass is 35.5. The third-order valence-corrected chi connectivity index (χ3v) is 5.79. The fraction of sp³-hybridized carbons (Fsp3) is 0.316. The highest BCUT2D eigenvalue weighted by Gasteiger charge is 2.21. The predicted octanol–water partition coefficient (Wildman–Crippen LogP) is 1.87. The largest absolute Gasteiger partial charge is 0.340 e. The Balaban J connectivity index is 1.51. The molecule has 1 aliphatic rings. The number of sulfonamides is 1. The van der Waals surface area contributed by atoms with Gasteiger partial charge < -0.3 is 4.90 Å². The zero-order valence-corrected chi connectivity index (χ0v) is 16.4. The molecule has 6 nitrogen and oxygen atoms in total. The standard InChI is InChI=1S/C19H22ClN3O3S/c20-17-3-1-2-16(12-17)14-22-8-10-23(11-9-22)19(24)13-15-4-6-18(7-5-15)27(21,25)26/h1-7,12H,8-11,13-14H2,(H2,21,25,26).